The molecular weight excluding hydrogens is 392 g/mol. The number of hydrogen-bond donors (Lipinski definition) is 3. The lowest BCUT2D eigenvalue weighted by Crippen LogP contribution is -2.31. The third-order valence-corrected chi connectivity index (χ3v) is 6.59. The molecule has 29 heavy (non-hydrogen) atoms. The minimum absolute atomic E-state index is 0.00764. The second-order valence-electron chi connectivity index (χ2n) is 7.21. The van der Waals surface area contributed by atoms with Crippen LogP contribution in [0.15, 0.2) is 57.8 Å². The van der Waals surface area contributed by atoms with Gasteiger partial charge in [0.2, 0.25) is 0 Å². The van der Waals surface area contributed by atoms with Crippen molar-refractivity contribution in [2.45, 2.75) is 24.7 Å². The largest absolute Gasteiger partial charge is 0.343 e. The number of allylic oxidation sites excluding steroid dienone is 2. The molecule has 0 spiro atoms. The molecule has 2 aliphatic rings. The second-order valence-corrected chi connectivity index (χ2v) is 8.19. The van der Waals surface area contributed by atoms with E-state index in [4.69, 9.17) is 0 Å². The highest BCUT2D eigenvalue weighted by molar-refractivity contribution is 7.10. The number of non-ortho nitro benzene ring substituents is 1. The molecule has 0 unspecified atom stereocenters. The van der Waals surface area contributed by atoms with Crippen molar-refractivity contribution in [3.63, 3.8) is 0 Å². The monoisotopic (exact) mass is 408 g/mol. The normalized spacial score (nSPS) is 20.8. The number of H-pyrrole nitrogens is 2. The van der Waals surface area contributed by atoms with E-state index in [-0.39, 0.29) is 22.9 Å². The van der Waals surface area contributed by atoms with Crippen LogP contribution in [0.2, 0.25) is 0 Å². The molecule has 2 atom stereocenters. The van der Waals surface area contributed by atoms with E-state index in [2.05, 4.69) is 15.5 Å². The summed E-state index contributed by atoms with van der Waals surface area (Å²) in [6, 6.07) is 10.1. The molecule has 1 aliphatic carbocycles. The molecule has 0 saturated carbocycles. The number of hydrogen-bond acceptors (Lipinski definition) is 6. The zero-order valence-electron chi connectivity index (χ0n) is 15.1. The maximum absolute atomic E-state index is 13.2. The molecule has 146 valence electrons. The van der Waals surface area contributed by atoms with Crippen molar-refractivity contribution in [1.29, 1.82) is 0 Å². The first kappa shape index (κ1) is 17.6. The van der Waals surface area contributed by atoms with Crippen molar-refractivity contribution < 1.29 is 9.72 Å². The highest BCUT2D eigenvalue weighted by atomic mass is 32.1. The molecule has 0 saturated heterocycles. The number of ketones is 1. The molecule has 0 radical (unpaired) electrons. The number of Topliss-reactive ketones (excluding diaryl/α,β-unsaturated/α-hetero) is 1. The summed E-state index contributed by atoms with van der Waals surface area (Å²) in [6.45, 7) is 0. The van der Waals surface area contributed by atoms with Gasteiger partial charge in [0.05, 0.1) is 10.5 Å². The summed E-state index contributed by atoms with van der Waals surface area (Å²) in [5.74, 6) is 0.0656. The van der Waals surface area contributed by atoms with Crippen molar-refractivity contribution in [3.05, 3.63) is 89.5 Å². The minimum atomic E-state index is -0.561. The Labute approximate surface area is 168 Å². The van der Waals surface area contributed by atoms with Crippen LogP contribution in [0, 0.1) is 10.1 Å². The number of nitro benzene ring substituents is 1. The Morgan fingerprint density at radius 3 is 2.55 bits per heavy atom. The predicted octanol–water partition coefficient (Wildman–Crippen LogP) is 3.63. The Kier molecular flexibility index (Phi) is 3.99. The fourth-order valence-corrected chi connectivity index (χ4v) is 5.10. The van der Waals surface area contributed by atoms with Gasteiger partial charge in [-0.25, -0.2) is 0 Å². The van der Waals surface area contributed by atoms with E-state index in [0.29, 0.717) is 35.4 Å². The summed E-state index contributed by atoms with van der Waals surface area (Å²) in [6.07, 6.45) is 1.04. The summed E-state index contributed by atoms with van der Waals surface area (Å²) < 4.78 is 0. The van der Waals surface area contributed by atoms with Crippen molar-refractivity contribution in [3.8, 4) is 0 Å². The van der Waals surface area contributed by atoms with Crippen molar-refractivity contribution in [2.24, 2.45) is 0 Å². The van der Waals surface area contributed by atoms with Gasteiger partial charge in [0, 0.05) is 46.5 Å². The van der Waals surface area contributed by atoms with E-state index < -0.39 is 10.8 Å². The first-order chi connectivity index (χ1) is 14.0. The van der Waals surface area contributed by atoms with Crippen LogP contribution in [-0.2, 0) is 4.79 Å². The molecule has 0 fully saturated rings. The molecule has 1 aromatic carbocycles. The number of carbonyl (C=O) groups excluding carboxylic acids is 1. The smallest absolute Gasteiger partial charge is 0.270 e. The fourth-order valence-electron chi connectivity index (χ4n) is 4.27. The Morgan fingerprint density at radius 1 is 1.07 bits per heavy atom. The molecule has 1 aliphatic heterocycles. The zero-order chi connectivity index (χ0) is 20.1. The third-order valence-electron chi connectivity index (χ3n) is 5.56. The number of nitrogens with zero attached hydrogens (tertiary/aromatic N) is 1. The fraction of sp³-hybridized carbons (Fsp3) is 0.200. The average Bonchev–Trinajstić information content (AvgIpc) is 3.37. The number of rotatable bonds is 3. The summed E-state index contributed by atoms with van der Waals surface area (Å²) in [7, 11) is 0. The van der Waals surface area contributed by atoms with Gasteiger partial charge in [0.1, 0.15) is 5.82 Å². The van der Waals surface area contributed by atoms with Gasteiger partial charge < -0.3 is 5.32 Å². The lowest BCUT2D eigenvalue weighted by Gasteiger charge is -2.34. The topological polar surface area (TPSA) is 121 Å². The van der Waals surface area contributed by atoms with Crippen LogP contribution in [0.5, 0.6) is 0 Å². The van der Waals surface area contributed by atoms with Crippen molar-refractivity contribution >= 4 is 28.6 Å². The van der Waals surface area contributed by atoms with Gasteiger partial charge in [-0.3, -0.25) is 29.9 Å². The van der Waals surface area contributed by atoms with Crippen LogP contribution in [0.1, 0.15) is 40.7 Å². The molecule has 9 heteroatoms. The molecule has 2 aromatic heterocycles. The van der Waals surface area contributed by atoms with Gasteiger partial charge in [-0.15, -0.1) is 11.3 Å². The summed E-state index contributed by atoms with van der Waals surface area (Å²) in [5.41, 5.74) is 2.14. The van der Waals surface area contributed by atoms with Crippen LogP contribution in [0.4, 0.5) is 11.5 Å². The minimum Gasteiger partial charge on any atom is -0.343 e. The lowest BCUT2D eigenvalue weighted by atomic mass is 9.74. The van der Waals surface area contributed by atoms with Gasteiger partial charge in [0.15, 0.2) is 5.78 Å². The second kappa shape index (κ2) is 6.56. The van der Waals surface area contributed by atoms with Gasteiger partial charge in [-0.1, -0.05) is 18.2 Å². The Balaban J connectivity index is 1.63. The molecule has 3 N–H and O–H groups in total. The van der Waals surface area contributed by atoms with Gasteiger partial charge >= 0.3 is 0 Å². The third kappa shape index (κ3) is 2.82. The number of anilines is 1. The Hall–Kier alpha value is -3.46. The maximum atomic E-state index is 13.2. The number of thiophene rings is 1. The average molecular weight is 408 g/mol. The van der Waals surface area contributed by atoms with Crippen LogP contribution in [0.25, 0.3) is 0 Å². The van der Waals surface area contributed by atoms with Crippen molar-refractivity contribution in [2.75, 3.05) is 5.32 Å². The van der Waals surface area contributed by atoms with E-state index in [9.17, 15) is 19.7 Å². The molecule has 8 nitrogen and oxygen atoms in total. The quantitative estimate of drug-likeness (QED) is 0.451. The van der Waals surface area contributed by atoms with E-state index in [1.807, 2.05) is 17.5 Å². The van der Waals surface area contributed by atoms with Crippen LogP contribution in [0.3, 0.4) is 0 Å². The highest BCUT2D eigenvalue weighted by Crippen LogP contribution is 2.47. The van der Waals surface area contributed by atoms with Gasteiger partial charge in [-0.2, -0.15) is 0 Å². The van der Waals surface area contributed by atoms with Crippen LogP contribution in [-0.4, -0.2) is 20.9 Å². The lowest BCUT2D eigenvalue weighted by molar-refractivity contribution is -0.384. The van der Waals surface area contributed by atoms with Crippen LogP contribution >= 0.6 is 11.3 Å². The highest BCUT2D eigenvalue weighted by Gasteiger charge is 2.40. The molecule has 0 bridgehead atoms. The number of fused-ring (bicyclic) bond motifs is 1. The number of carbonyl (C=O) groups is 1. The first-order valence-corrected chi connectivity index (χ1v) is 10.0. The van der Waals surface area contributed by atoms with Gasteiger partial charge in [-0.05, 0) is 23.4 Å². The molecule has 3 heterocycles. The summed E-state index contributed by atoms with van der Waals surface area (Å²) in [4.78, 5) is 37.4. The number of aromatic amines is 2. The SMILES string of the molecule is O=C1C[C@@H](c2cccs2)CC2=C1[C@H](c1ccc([N+](=O)[O-])cc1)c1c([nH][nH]c1=O)N2. The first-order valence-electron chi connectivity index (χ1n) is 9.14. The summed E-state index contributed by atoms with van der Waals surface area (Å²) >= 11 is 1.63. The molecule has 3 aromatic rings. The predicted molar refractivity (Wildman–Crippen MR) is 108 cm³/mol. The Bertz CT molecular complexity index is 1200. The van der Waals surface area contributed by atoms with Gasteiger partial charge in [0.25, 0.3) is 11.2 Å². The van der Waals surface area contributed by atoms with Crippen LogP contribution < -0.4 is 10.9 Å². The zero-order valence-corrected chi connectivity index (χ0v) is 15.9. The number of nitrogens with one attached hydrogen (secondary N) is 3. The van der Waals surface area contributed by atoms with E-state index in [1.165, 1.54) is 12.1 Å². The Morgan fingerprint density at radius 2 is 1.86 bits per heavy atom. The standard InChI is InChI=1S/C20H16N4O4S/c25-14-9-11(15-2-1-7-29-15)8-13-17(14)16(18-19(21-13)22-23-20(18)26)10-3-5-12(6-4-10)24(27)28/h1-7,11,16H,8-9H2,(H3,21,22,23,26)/t11-,16-/m0/s1. The van der Waals surface area contributed by atoms with Crippen molar-refractivity contribution in [1.82, 2.24) is 10.2 Å². The number of benzene rings is 1. The number of nitro groups is 1. The van der Waals surface area contributed by atoms with E-state index in [1.54, 1.807) is 23.5 Å². The maximum Gasteiger partial charge on any atom is 0.270 e. The molecule has 5 rings (SSSR count). The van der Waals surface area contributed by atoms with E-state index in [0.717, 1.165) is 10.6 Å². The molecular formula is C20H16N4O4S. The van der Waals surface area contributed by atoms with E-state index >= 15 is 0 Å². The summed E-state index contributed by atoms with van der Waals surface area (Å²) in [5, 5.41) is 21.7. The number of aromatic nitrogens is 2. The molecule has 0 amide bonds.